The monoisotopic (exact) mass is 115 g/mol. The summed E-state index contributed by atoms with van der Waals surface area (Å²) in [6.07, 6.45) is 0.238. The Kier molecular flexibility index (Phi) is 0.635. The Morgan fingerprint density at radius 1 is 1.75 bits per heavy atom. The molecule has 3 unspecified atom stereocenters. The van der Waals surface area contributed by atoms with E-state index in [1.165, 1.54) is 0 Å². The molecule has 2 rings (SSSR count). The molecule has 0 amide bonds. The number of hydrogen-bond donors (Lipinski definition) is 0. The fourth-order valence-electron chi connectivity index (χ4n) is 0.968. The van der Waals surface area contributed by atoms with Crippen molar-refractivity contribution in [1.29, 1.82) is 0 Å². The first-order chi connectivity index (χ1) is 3.73. The Morgan fingerprint density at radius 3 is 2.62 bits per heavy atom. The molecule has 0 aromatic rings. The minimum absolute atomic E-state index is 0.0694. The normalized spacial score (nSPS) is 60.8. The van der Waals surface area contributed by atoms with E-state index in [9.17, 15) is 0 Å². The topological polar surface area (TPSA) is 24.8 Å². The highest BCUT2D eigenvalue weighted by Crippen LogP contribution is 2.43. The molecule has 46 valence electrons. The van der Waals surface area contributed by atoms with Crippen LogP contribution in [-0.4, -0.2) is 23.6 Å². The molecule has 2 heterocycles. The Bertz CT molecular complexity index is 126. The summed E-state index contributed by atoms with van der Waals surface area (Å²) in [5, 5.41) is 1.84. The summed E-state index contributed by atoms with van der Waals surface area (Å²) in [7, 11) is 0. The van der Waals surface area contributed by atoms with Crippen molar-refractivity contribution < 1.29 is 9.57 Å². The molecule has 8 heavy (non-hydrogen) atoms. The quantitative estimate of drug-likeness (QED) is 0.425. The fourth-order valence-corrected chi connectivity index (χ4v) is 0.968. The van der Waals surface area contributed by atoms with Crippen molar-refractivity contribution in [2.45, 2.75) is 25.7 Å². The highest BCUT2D eigenvalue weighted by Gasteiger charge is 2.60. The molecule has 0 bridgehead atoms. The van der Waals surface area contributed by atoms with Crippen LogP contribution in [0.2, 0.25) is 0 Å². The third kappa shape index (κ3) is 0.354. The summed E-state index contributed by atoms with van der Waals surface area (Å²) in [6.45, 7) is 4.69. The maximum absolute atomic E-state index is 5.22. The standard InChI is InChI=1S/C5H9NO2/c1-4-5(2)6(8-5)3-7-4/h4H,3H2,1-2H3. The van der Waals surface area contributed by atoms with Gasteiger partial charge in [-0.1, -0.05) is 0 Å². The molecule has 0 aromatic carbocycles. The highest BCUT2D eigenvalue weighted by molar-refractivity contribution is 4.91. The van der Waals surface area contributed by atoms with Gasteiger partial charge in [0.1, 0.15) is 12.8 Å². The van der Waals surface area contributed by atoms with Gasteiger partial charge < -0.3 is 4.74 Å². The summed E-state index contributed by atoms with van der Waals surface area (Å²) >= 11 is 0. The van der Waals surface area contributed by atoms with E-state index in [2.05, 4.69) is 0 Å². The van der Waals surface area contributed by atoms with Crippen LogP contribution < -0.4 is 0 Å². The average molecular weight is 115 g/mol. The number of nitrogens with zero attached hydrogens (tertiary/aromatic N) is 1. The minimum Gasteiger partial charge on any atom is -0.356 e. The van der Waals surface area contributed by atoms with Gasteiger partial charge in [0, 0.05) is 0 Å². The second-order valence-electron chi connectivity index (χ2n) is 2.46. The first-order valence-corrected chi connectivity index (χ1v) is 2.82. The molecule has 3 atom stereocenters. The summed E-state index contributed by atoms with van der Waals surface area (Å²) < 4.78 is 5.22. The van der Waals surface area contributed by atoms with Gasteiger partial charge in [-0.25, -0.2) is 0 Å². The number of ether oxygens (including phenoxy) is 1. The largest absolute Gasteiger partial charge is 0.356 e. The zero-order valence-electron chi connectivity index (χ0n) is 5.05. The van der Waals surface area contributed by atoms with E-state index in [0.29, 0.717) is 6.73 Å². The average Bonchev–Trinajstić information content (AvgIpc) is 2.31. The molecule has 2 aliphatic rings. The molecule has 0 saturated carbocycles. The fraction of sp³-hybridized carbons (Fsp3) is 1.00. The van der Waals surface area contributed by atoms with Crippen LogP contribution in [0.3, 0.4) is 0 Å². The van der Waals surface area contributed by atoms with Crippen molar-refractivity contribution >= 4 is 0 Å². The van der Waals surface area contributed by atoms with E-state index in [1.54, 1.807) is 0 Å². The van der Waals surface area contributed by atoms with Crippen LogP contribution in [0.5, 0.6) is 0 Å². The van der Waals surface area contributed by atoms with E-state index in [0.717, 1.165) is 0 Å². The smallest absolute Gasteiger partial charge is 0.190 e. The van der Waals surface area contributed by atoms with E-state index in [1.807, 2.05) is 18.9 Å². The summed E-state index contributed by atoms with van der Waals surface area (Å²) in [4.78, 5) is 5.16. The van der Waals surface area contributed by atoms with Crippen molar-refractivity contribution in [1.82, 2.24) is 5.06 Å². The van der Waals surface area contributed by atoms with Crippen LogP contribution >= 0.6 is 0 Å². The first-order valence-electron chi connectivity index (χ1n) is 2.82. The Morgan fingerprint density at radius 2 is 2.50 bits per heavy atom. The van der Waals surface area contributed by atoms with Gasteiger partial charge in [-0.3, -0.25) is 4.84 Å². The molecule has 3 nitrogen and oxygen atoms in total. The third-order valence-corrected chi connectivity index (χ3v) is 1.95. The predicted molar refractivity (Wildman–Crippen MR) is 26.7 cm³/mol. The zero-order chi connectivity index (χ0) is 5.78. The van der Waals surface area contributed by atoms with Crippen molar-refractivity contribution in [2.24, 2.45) is 0 Å². The molecule has 3 heteroatoms. The van der Waals surface area contributed by atoms with Crippen molar-refractivity contribution in [2.75, 3.05) is 6.73 Å². The summed E-state index contributed by atoms with van der Waals surface area (Å²) in [5.41, 5.74) is -0.0694. The van der Waals surface area contributed by atoms with Gasteiger partial charge in [-0.2, -0.15) is 0 Å². The molecular weight excluding hydrogens is 106 g/mol. The highest BCUT2D eigenvalue weighted by atomic mass is 16.9. The summed E-state index contributed by atoms with van der Waals surface area (Å²) in [6, 6.07) is 0. The Labute approximate surface area is 48.1 Å². The van der Waals surface area contributed by atoms with Gasteiger partial charge in [0.05, 0.1) is 0 Å². The number of rotatable bonds is 0. The molecule has 0 spiro atoms. The van der Waals surface area contributed by atoms with Crippen LogP contribution in [-0.2, 0) is 9.57 Å². The maximum atomic E-state index is 5.22. The Balaban J connectivity index is 2.19. The first kappa shape index (κ1) is 4.73. The predicted octanol–water partition coefficient (Wildman–Crippen LogP) is 0.326. The molecule has 2 saturated heterocycles. The lowest BCUT2D eigenvalue weighted by Crippen LogP contribution is -2.20. The van der Waals surface area contributed by atoms with Gasteiger partial charge in [0.25, 0.3) is 0 Å². The lowest BCUT2D eigenvalue weighted by molar-refractivity contribution is -0.0312. The van der Waals surface area contributed by atoms with Gasteiger partial charge in [-0.05, 0) is 13.8 Å². The van der Waals surface area contributed by atoms with Crippen molar-refractivity contribution in [3.8, 4) is 0 Å². The van der Waals surface area contributed by atoms with E-state index in [-0.39, 0.29) is 11.8 Å². The van der Waals surface area contributed by atoms with Gasteiger partial charge in [-0.15, -0.1) is 5.06 Å². The number of hydroxylamine groups is 2. The van der Waals surface area contributed by atoms with Crippen LogP contribution in [0.15, 0.2) is 0 Å². The van der Waals surface area contributed by atoms with E-state index in [4.69, 9.17) is 9.57 Å². The van der Waals surface area contributed by atoms with Crippen LogP contribution in [0.1, 0.15) is 13.8 Å². The van der Waals surface area contributed by atoms with Crippen LogP contribution in [0.25, 0.3) is 0 Å². The van der Waals surface area contributed by atoms with Gasteiger partial charge in [0.15, 0.2) is 5.72 Å². The molecule has 2 aliphatic heterocycles. The number of hydrogen-bond acceptors (Lipinski definition) is 3. The lowest BCUT2D eigenvalue weighted by atomic mass is 10.2. The third-order valence-electron chi connectivity index (χ3n) is 1.95. The second-order valence-corrected chi connectivity index (χ2v) is 2.46. The van der Waals surface area contributed by atoms with Crippen LogP contribution in [0.4, 0.5) is 0 Å². The van der Waals surface area contributed by atoms with Crippen LogP contribution in [0, 0.1) is 0 Å². The second kappa shape index (κ2) is 1.07. The van der Waals surface area contributed by atoms with Gasteiger partial charge in [0.2, 0.25) is 0 Å². The zero-order valence-corrected chi connectivity index (χ0v) is 5.05. The number of fused-ring (bicyclic) bond motifs is 1. The molecule has 0 radical (unpaired) electrons. The maximum Gasteiger partial charge on any atom is 0.190 e. The molecule has 0 aliphatic carbocycles. The van der Waals surface area contributed by atoms with Gasteiger partial charge >= 0.3 is 0 Å². The molecule has 0 aromatic heterocycles. The minimum atomic E-state index is -0.0694. The lowest BCUT2D eigenvalue weighted by Gasteiger charge is -2.05. The molecule has 2 fully saturated rings. The molecule has 0 N–H and O–H groups in total. The summed E-state index contributed by atoms with van der Waals surface area (Å²) in [5.74, 6) is 0. The van der Waals surface area contributed by atoms with Crippen molar-refractivity contribution in [3.63, 3.8) is 0 Å². The van der Waals surface area contributed by atoms with E-state index >= 15 is 0 Å². The molecular formula is C5H9NO2. The Hall–Kier alpha value is -0.120. The van der Waals surface area contributed by atoms with Crippen molar-refractivity contribution in [3.05, 3.63) is 0 Å². The van der Waals surface area contributed by atoms with E-state index < -0.39 is 0 Å². The SMILES string of the molecule is CC1OCN2OC12C.